The van der Waals surface area contributed by atoms with Gasteiger partial charge in [-0.05, 0) is 6.92 Å². The Hall–Kier alpha value is -2.35. The fraction of sp³-hybridized carbons (Fsp3) is 0.200. The summed E-state index contributed by atoms with van der Waals surface area (Å²) >= 11 is -0.234. The van der Waals surface area contributed by atoms with Gasteiger partial charge >= 0.3 is 140 Å². The van der Waals surface area contributed by atoms with Gasteiger partial charge in [0.05, 0.1) is 0 Å². The molecular formula is C20H21INO4-. The van der Waals surface area contributed by atoms with Gasteiger partial charge < -0.3 is 0 Å². The molecule has 0 aliphatic carbocycles. The van der Waals surface area contributed by atoms with Crippen molar-refractivity contribution < 1.29 is 40.3 Å². The summed E-state index contributed by atoms with van der Waals surface area (Å²) in [5.41, 5.74) is 0.357. The molecule has 0 bridgehead atoms. The molecule has 0 saturated carbocycles. The SMILES string of the molecule is C=C(C)C(=O)OCCCNC(=O)Oc1ccc([I-]c2ccccc2)cc1. The van der Waals surface area contributed by atoms with E-state index in [-0.39, 0.29) is 27.8 Å². The van der Waals surface area contributed by atoms with Gasteiger partial charge in [0.25, 0.3) is 0 Å². The third-order valence-electron chi connectivity index (χ3n) is 3.15. The molecule has 6 heteroatoms. The van der Waals surface area contributed by atoms with Crippen LogP contribution in [0.4, 0.5) is 4.79 Å². The van der Waals surface area contributed by atoms with E-state index in [1.807, 2.05) is 30.3 Å². The van der Waals surface area contributed by atoms with Crippen molar-refractivity contribution in [1.82, 2.24) is 5.32 Å². The van der Waals surface area contributed by atoms with Crippen LogP contribution >= 0.6 is 0 Å². The number of halogens is 1. The molecule has 0 aliphatic heterocycles. The molecule has 0 spiro atoms. The molecule has 26 heavy (non-hydrogen) atoms. The second-order valence-corrected chi connectivity index (χ2v) is 8.46. The molecule has 0 saturated heterocycles. The second kappa shape index (κ2) is 10.6. The van der Waals surface area contributed by atoms with E-state index in [0.29, 0.717) is 24.3 Å². The molecule has 5 nitrogen and oxygen atoms in total. The number of carbonyl (C=O) groups is 2. The predicted molar refractivity (Wildman–Crippen MR) is 94.7 cm³/mol. The fourth-order valence-corrected chi connectivity index (χ4v) is 4.08. The summed E-state index contributed by atoms with van der Waals surface area (Å²) in [6.45, 7) is 5.67. The van der Waals surface area contributed by atoms with Gasteiger partial charge in [-0.1, -0.05) is 6.58 Å². The standard InChI is InChI=1S/C20H21INO4/c1-15(2)19(23)25-14-6-13-22-20(24)26-18-11-9-17(10-12-18)21-16-7-4-3-5-8-16/h3-5,7-12H,1,6,13-14H2,2H3,(H,22,24)/q-1. The van der Waals surface area contributed by atoms with Gasteiger partial charge in [0.2, 0.25) is 0 Å². The summed E-state index contributed by atoms with van der Waals surface area (Å²) < 4.78 is 12.8. The number of ether oxygens (including phenoxy) is 2. The van der Waals surface area contributed by atoms with Crippen molar-refractivity contribution in [2.24, 2.45) is 0 Å². The first-order valence-electron chi connectivity index (χ1n) is 8.13. The first-order chi connectivity index (χ1) is 12.5. The zero-order chi connectivity index (χ0) is 18.8. The molecule has 0 fully saturated rings. The van der Waals surface area contributed by atoms with Crippen molar-refractivity contribution in [3.63, 3.8) is 0 Å². The van der Waals surface area contributed by atoms with E-state index < -0.39 is 12.1 Å². The molecule has 1 amide bonds. The molecule has 2 rings (SSSR count). The van der Waals surface area contributed by atoms with Gasteiger partial charge in [-0.25, -0.2) is 4.79 Å². The van der Waals surface area contributed by atoms with Crippen molar-refractivity contribution in [2.75, 3.05) is 13.2 Å². The van der Waals surface area contributed by atoms with Crippen LogP contribution in [-0.2, 0) is 9.53 Å². The zero-order valence-electron chi connectivity index (χ0n) is 14.5. The van der Waals surface area contributed by atoms with Crippen LogP contribution in [0.3, 0.4) is 0 Å². The monoisotopic (exact) mass is 466 g/mol. The Kier molecular flexibility index (Phi) is 8.14. The first kappa shape index (κ1) is 20.0. The average Bonchev–Trinajstić information content (AvgIpc) is 2.63. The zero-order valence-corrected chi connectivity index (χ0v) is 16.7. The van der Waals surface area contributed by atoms with Crippen LogP contribution in [0, 0.1) is 7.14 Å². The number of nitrogens with one attached hydrogen (secondary N) is 1. The number of esters is 1. The number of amides is 1. The van der Waals surface area contributed by atoms with Gasteiger partial charge in [-0.2, -0.15) is 0 Å². The number of hydrogen-bond donors (Lipinski definition) is 1. The number of carbonyl (C=O) groups excluding carboxylic acids is 2. The molecule has 0 atom stereocenters. The summed E-state index contributed by atoms with van der Waals surface area (Å²) in [7, 11) is 0. The third-order valence-corrected chi connectivity index (χ3v) is 5.83. The van der Waals surface area contributed by atoms with Crippen molar-refractivity contribution in [1.29, 1.82) is 0 Å². The number of benzene rings is 2. The quantitative estimate of drug-likeness (QED) is 0.265. The molecule has 0 unspecified atom stereocenters. The molecule has 1 N–H and O–H groups in total. The van der Waals surface area contributed by atoms with Gasteiger partial charge in [0.1, 0.15) is 0 Å². The Bertz CT molecular complexity index is 744. The fourth-order valence-electron chi connectivity index (χ4n) is 1.86. The van der Waals surface area contributed by atoms with Crippen LogP contribution in [-0.4, -0.2) is 25.2 Å². The number of hydrogen-bond acceptors (Lipinski definition) is 4. The first-order valence-corrected chi connectivity index (χ1v) is 10.3. The average molecular weight is 466 g/mol. The van der Waals surface area contributed by atoms with Crippen molar-refractivity contribution in [2.45, 2.75) is 13.3 Å². The summed E-state index contributed by atoms with van der Waals surface area (Å²) in [6.07, 6.45) is -0.0177. The summed E-state index contributed by atoms with van der Waals surface area (Å²) in [4.78, 5) is 22.9. The van der Waals surface area contributed by atoms with Crippen LogP contribution in [0.25, 0.3) is 0 Å². The van der Waals surface area contributed by atoms with E-state index in [2.05, 4.69) is 24.0 Å². The third kappa shape index (κ3) is 7.26. The van der Waals surface area contributed by atoms with Crippen molar-refractivity contribution >= 4 is 12.1 Å². The molecule has 0 aromatic heterocycles. The molecule has 138 valence electrons. The van der Waals surface area contributed by atoms with E-state index in [1.165, 1.54) is 7.14 Å². The van der Waals surface area contributed by atoms with E-state index in [9.17, 15) is 9.59 Å². The Morgan fingerprint density at radius 1 is 1.04 bits per heavy atom. The second-order valence-electron chi connectivity index (χ2n) is 5.43. The maximum absolute atomic E-state index is 11.7. The normalized spacial score (nSPS) is 10.2. The number of rotatable bonds is 8. The predicted octanol–water partition coefficient (Wildman–Crippen LogP) is 0.413. The molecule has 0 aliphatic rings. The summed E-state index contributed by atoms with van der Waals surface area (Å²) in [6, 6.07) is 17.9. The van der Waals surface area contributed by atoms with Crippen LogP contribution in [0.5, 0.6) is 5.75 Å². The van der Waals surface area contributed by atoms with E-state index >= 15 is 0 Å². The van der Waals surface area contributed by atoms with Crippen LogP contribution in [0.15, 0.2) is 66.7 Å². The van der Waals surface area contributed by atoms with Crippen molar-refractivity contribution in [3.05, 3.63) is 73.9 Å². The van der Waals surface area contributed by atoms with Gasteiger partial charge in [-0.3, -0.25) is 0 Å². The summed E-state index contributed by atoms with van der Waals surface area (Å²) in [5.74, 6) is 0.0722. The minimum absolute atomic E-state index is 0.226. The van der Waals surface area contributed by atoms with Gasteiger partial charge in [0.15, 0.2) is 0 Å². The van der Waals surface area contributed by atoms with Crippen LogP contribution in [0.1, 0.15) is 13.3 Å². The molecule has 0 heterocycles. The topological polar surface area (TPSA) is 64.6 Å². The van der Waals surface area contributed by atoms with Gasteiger partial charge in [-0.15, -0.1) is 0 Å². The minimum atomic E-state index is -0.526. The molecular weight excluding hydrogens is 445 g/mol. The maximum atomic E-state index is 11.7. The van der Waals surface area contributed by atoms with Crippen molar-refractivity contribution in [3.8, 4) is 5.75 Å². The summed E-state index contributed by atoms with van der Waals surface area (Å²) in [5, 5.41) is 2.62. The Morgan fingerprint density at radius 3 is 2.35 bits per heavy atom. The Morgan fingerprint density at radius 2 is 1.69 bits per heavy atom. The molecule has 2 aromatic rings. The van der Waals surface area contributed by atoms with E-state index in [0.717, 1.165) is 0 Å². The Balaban J connectivity index is 1.69. The molecule has 2 aromatic carbocycles. The molecule has 0 radical (unpaired) electrons. The Labute approximate surface area is 163 Å². The van der Waals surface area contributed by atoms with Crippen LogP contribution < -0.4 is 31.3 Å². The van der Waals surface area contributed by atoms with Crippen LogP contribution in [0.2, 0.25) is 0 Å². The van der Waals surface area contributed by atoms with Gasteiger partial charge in [0, 0.05) is 5.57 Å². The van der Waals surface area contributed by atoms with E-state index in [4.69, 9.17) is 9.47 Å². The van der Waals surface area contributed by atoms with E-state index in [1.54, 1.807) is 19.1 Å².